The van der Waals surface area contributed by atoms with Crippen molar-refractivity contribution in [2.75, 3.05) is 10.6 Å². The van der Waals surface area contributed by atoms with Crippen molar-refractivity contribution >= 4 is 17.5 Å². The zero-order valence-corrected chi connectivity index (χ0v) is 14.0. The number of benzene rings is 2. The quantitative estimate of drug-likeness (QED) is 0.729. The number of aromatic nitrogens is 2. The first-order chi connectivity index (χ1) is 12.5. The summed E-state index contributed by atoms with van der Waals surface area (Å²) in [6.07, 6.45) is 0. The molecule has 3 aromatic rings. The Labute approximate surface area is 149 Å². The SMILES string of the molecule is Cc1cccc(CNc2ccc(NC(=O)c3ccc(F)c(F)c3)nn2)c1. The average Bonchev–Trinajstić information content (AvgIpc) is 2.63. The van der Waals surface area contributed by atoms with E-state index in [1.807, 2.05) is 25.1 Å². The van der Waals surface area contributed by atoms with Gasteiger partial charge in [0.1, 0.15) is 5.82 Å². The molecular formula is C19H16F2N4O. The van der Waals surface area contributed by atoms with E-state index in [2.05, 4.69) is 26.9 Å². The van der Waals surface area contributed by atoms with Crippen LogP contribution in [0.4, 0.5) is 20.4 Å². The van der Waals surface area contributed by atoms with Crippen molar-refractivity contribution < 1.29 is 13.6 Å². The second-order valence-electron chi connectivity index (χ2n) is 5.73. The lowest BCUT2D eigenvalue weighted by Crippen LogP contribution is -2.14. The number of carbonyl (C=O) groups is 1. The maximum absolute atomic E-state index is 13.2. The van der Waals surface area contributed by atoms with E-state index < -0.39 is 17.5 Å². The molecule has 0 fully saturated rings. The Kier molecular flexibility index (Phi) is 5.17. The summed E-state index contributed by atoms with van der Waals surface area (Å²) in [7, 11) is 0. The lowest BCUT2D eigenvalue weighted by atomic mass is 10.1. The van der Waals surface area contributed by atoms with Gasteiger partial charge in [-0.2, -0.15) is 0 Å². The van der Waals surface area contributed by atoms with E-state index in [1.54, 1.807) is 12.1 Å². The van der Waals surface area contributed by atoms with Crippen molar-refractivity contribution in [2.45, 2.75) is 13.5 Å². The summed E-state index contributed by atoms with van der Waals surface area (Å²) in [4.78, 5) is 12.0. The Hall–Kier alpha value is -3.35. The van der Waals surface area contributed by atoms with Crippen molar-refractivity contribution in [3.05, 3.63) is 82.9 Å². The molecule has 2 N–H and O–H groups in total. The van der Waals surface area contributed by atoms with Crippen LogP contribution in [0.5, 0.6) is 0 Å². The Balaban J connectivity index is 1.60. The van der Waals surface area contributed by atoms with Crippen LogP contribution in [0.3, 0.4) is 0 Å². The van der Waals surface area contributed by atoms with Crippen molar-refractivity contribution in [3.8, 4) is 0 Å². The van der Waals surface area contributed by atoms with Gasteiger partial charge in [0.25, 0.3) is 5.91 Å². The fraction of sp³-hybridized carbons (Fsp3) is 0.105. The Morgan fingerprint density at radius 2 is 1.73 bits per heavy atom. The number of nitrogens with one attached hydrogen (secondary N) is 2. The van der Waals surface area contributed by atoms with Gasteiger partial charge in [-0.05, 0) is 42.8 Å². The molecule has 1 amide bonds. The first kappa shape index (κ1) is 17.5. The molecule has 3 rings (SSSR count). The highest BCUT2D eigenvalue weighted by Gasteiger charge is 2.10. The van der Waals surface area contributed by atoms with Gasteiger partial charge in [0.05, 0.1) is 0 Å². The van der Waals surface area contributed by atoms with Crippen LogP contribution in [0, 0.1) is 18.6 Å². The molecule has 0 atom stereocenters. The third kappa shape index (κ3) is 4.38. The van der Waals surface area contributed by atoms with E-state index in [4.69, 9.17) is 0 Å². The van der Waals surface area contributed by atoms with Crippen LogP contribution >= 0.6 is 0 Å². The number of hydrogen-bond acceptors (Lipinski definition) is 4. The third-order valence-electron chi connectivity index (χ3n) is 3.64. The molecule has 1 aromatic heterocycles. The highest BCUT2D eigenvalue weighted by molar-refractivity contribution is 6.03. The largest absolute Gasteiger partial charge is 0.365 e. The van der Waals surface area contributed by atoms with Gasteiger partial charge < -0.3 is 10.6 Å². The highest BCUT2D eigenvalue weighted by atomic mass is 19.2. The van der Waals surface area contributed by atoms with E-state index >= 15 is 0 Å². The summed E-state index contributed by atoms with van der Waals surface area (Å²) in [5.74, 6) is -1.93. The zero-order valence-electron chi connectivity index (χ0n) is 14.0. The van der Waals surface area contributed by atoms with Crippen molar-refractivity contribution in [1.29, 1.82) is 0 Å². The number of halogens is 2. The molecule has 0 saturated heterocycles. The number of hydrogen-bond donors (Lipinski definition) is 2. The summed E-state index contributed by atoms with van der Waals surface area (Å²) >= 11 is 0. The van der Waals surface area contributed by atoms with Gasteiger partial charge in [-0.15, -0.1) is 10.2 Å². The molecule has 1 heterocycles. The molecule has 0 radical (unpaired) electrons. The van der Waals surface area contributed by atoms with Gasteiger partial charge in [0.2, 0.25) is 0 Å². The lowest BCUT2D eigenvalue weighted by molar-refractivity contribution is 0.102. The van der Waals surface area contributed by atoms with E-state index in [0.29, 0.717) is 12.4 Å². The molecular weight excluding hydrogens is 338 g/mol. The topological polar surface area (TPSA) is 66.9 Å². The van der Waals surface area contributed by atoms with Gasteiger partial charge >= 0.3 is 0 Å². The second-order valence-corrected chi connectivity index (χ2v) is 5.73. The second kappa shape index (κ2) is 7.69. The first-order valence-corrected chi connectivity index (χ1v) is 7.91. The van der Waals surface area contributed by atoms with Crippen LogP contribution in [0.15, 0.2) is 54.6 Å². The predicted molar refractivity (Wildman–Crippen MR) is 94.8 cm³/mol. The van der Waals surface area contributed by atoms with Crippen LogP contribution in [0.2, 0.25) is 0 Å². The van der Waals surface area contributed by atoms with Crippen LogP contribution in [0.1, 0.15) is 21.5 Å². The molecule has 5 nitrogen and oxygen atoms in total. The molecule has 26 heavy (non-hydrogen) atoms. The maximum Gasteiger partial charge on any atom is 0.256 e. The Morgan fingerprint density at radius 3 is 2.42 bits per heavy atom. The minimum Gasteiger partial charge on any atom is -0.365 e. The molecule has 0 unspecified atom stereocenters. The third-order valence-corrected chi connectivity index (χ3v) is 3.64. The van der Waals surface area contributed by atoms with Crippen LogP contribution in [0.25, 0.3) is 0 Å². The smallest absolute Gasteiger partial charge is 0.256 e. The number of carbonyl (C=O) groups excluding carboxylic acids is 1. The van der Waals surface area contributed by atoms with Crippen molar-refractivity contribution in [2.24, 2.45) is 0 Å². The summed E-state index contributed by atoms with van der Waals surface area (Å²) in [6, 6.07) is 14.2. The number of rotatable bonds is 5. The minimum absolute atomic E-state index is 0.00708. The normalized spacial score (nSPS) is 10.4. The fourth-order valence-electron chi connectivity index (χ4n) is 2.33. The number of nitrogens with zero attached hydrogens (tertiary/aromatic N) is 2. The van der Waals surface area contributed by atoms with Crippen molar-refractivity contribution in [1.82, 2.24) is 10.2 Å². The van der Waals surface area contributed by atoms with E-state index in [-0.39, 0.29) is 11.4 Å². The van der Waals surface area contributed by atoms with Crippen LogP contribution < -0.4 is 10.6 Å². The molecule has 0 bridgehead atoms. The van der Waals surface area contributed by atoms with E-state index in [9.17, 15) is 13.6 Å². The number of anilines is 2. The first-order valence-electron chi connectivity index (χ1n) is 7.91. The number of aryl methyl sites for hydroxylation is 1. The lowest BCUT2D eigenvalue weighted by Gasteiger charge is -2.07. The summed E-state index contributed by atoms with van der Waals surface area (Å²) in [6.45, 7) is 2.62. The standard InChI is InChI=1S/C19H16F2N4O/c1-12-3-2-4-13(9-12)11-22-17-7-8-18(25-24-17)23-19(26)14-5-6-15(20)16(21)10-14/h2-10H,11H2,1H3,(H,22,24)(H,23,25,26). The van der Waals surface area contributed by atoms with Crippen LogP contribution in [-0.4, -0.2) is 16.1 Å². The molecule has 0 spiro atoms. The molecule has 0 aliphatic heterocycles. The van der Waals surface area contributed by atoms with Gasteiger partial charge in [-0.25, -0.2) is 8.78 Å². The summed E-state index contributed by atoms with van der Waals surface area (Å²) < 4.78 is 26.1. The predicted octanol–water partition coefficient (Wildman–Crippen LogP) is 3.93. The van der Waals surface area contributed by atoms with Gasteiger partial charge in [0.15, 0.2) is 17.5 Å². The van der Waals surface area contributed by atoms with Crippen LogP contribution in [-0.2, 0) is 6.54 Å². The average molecular weight is 354 g/mol. The molecule has 0 aliphatic rings. The van der Waals surface area contributed by atoms with Gasteiger partial charge in [-0.3, -0.25) is 4.79 Å². The van der Waals surface area contributed by atoms with Crippen molar-refractivity contribution in [3.63, 3.8) is 0 Å². The molecule has 2 aromatic carbocycles. The summed E-state index contributed by atoms with van der Waals surface area (Å²) in [5, 5.41) is 13.5. The molecule has 7 heteroatoms. The Bertz CT molecular complexity index is 929. The highest BCUT2D eigenvalue weighted by Crippen LogP contribution is 2.12. The Morgan fingerprint density at radius 1 is 0.962 bits per heavy atom. The fourth-order valence-corrected chi connectivity index (χ4v) is 2.33. The van der Waals surface area contributed by atoms with E-state index in [1.165, 1.54) is 11.6 Å². The molecule has 132 valence electrons. The van der Waals surface area contributed by atoms with Gasteiger partial charge in [0, 0.05) is 12.1 Å². The maximum atomic E-state index is 13.2. The van der Waals surface area contributed by atoms with Gasteiger partial charge in [-0.1, -0.05) is 29.8 Å². The van der Waals surface area contributed by atoms with E-state index in [0.717, 1.165) is 17.7 Å². The minimum atomic E-state index is -1.08. The monoisotopic (exact) mass is 354 g/mol. The number of amides is 1. The molecule has 0 saturated carbocycles. The zero-order chi connectivity index (χ0) is 18.5. The molecule has 0 aliphatic carbocycles. The summed E-state index contributed by atoms with van der Waals surface area (Å²) in [5.41, 5.74) is 2.28.